The number of para-hydroxylation sites is 1. The van der Waals surface area contributed by atoms with Gasteiger partial charge in [0.05, 0.1) is 16.2 Å². The highest BCUT2D eigenvalue weighted by Crippen LogP contribution is 2.25. The average molecular weight is 417 g/mol. The molecule has 1 unspecified atom stereocenters. The standard InChI is InChI=1S/C19H24N6O3S/c1-11(2)9-10-24-16(27)13-7-5-6-8-14(13)25-18(24)22-23-19(25)29-12(3)15(26)21-17(28)20-4/h5-8,11-12H,9-10H2,1-4H3,(H2,20,21,26,28). The Morgan fingerprint density at radius 3 is 2.59 bits per heavy atom. The SMILES string of the molecule is CNC(=O)NC(=O)C(C)Sc1nnc2n(CCC(C)C)c(=O)c3ccccc3n12. The average Bonchev–Trinajstić information content (AvgIpc) is 3.11. The van der Waals surface area contributed by atoms with Crippen LogP contribution in [0.4, 0.5) is 4.79 Å². The molecule has 3 aromatic rings. The summed E-state index contributed by atoms with van der Waals surface area (Å²) in [6, 6.07) is 6.70. The number of aromatic nitrogens is 4. The number of carbonyl (C=O) groups is 2. The number of amides is 3. The van der Waals surface area contributed by atoms with Gasteiger partial charge in [-0.15, -0.1) is 10.2 Å². The van der Waals surface area contributed by atoms with Gasteiger partial charge in [-0.2, -0.15) is 0 Å². The fourth-order valence-electron chi connectivity index (χ4n) is 2.89. The smallest absolute Gasteiger partial charge is 0.321 e. The molecule has 2 N–H and O–H groups in total. The number of imide groups is 1. The van der Waals surface area contributed by atoms with Crippen LogP contribution in [0.5, 0.6) is 0 Å². The quantitative estimate of drug-likeness (QED) is 0.595. The van der Waals surface area contributed by atoms with Crippen molar-refractivity contribution < 1.29 is 9.59 Å². The van der Waals surface area contributed by atoms with E-state index in [1.54, 1.807) is 22.0 Å². The second-order valence-corrected chi connectivity index (χ2v) is 8.41. The van der Waals surface area contributed by atoms with Gasteiger partial charge in [0.1, 0.15) is 0 Å². The summed E-state index contributed by atoms with van der Waals surface area (Å²) in [6.07, 6.45) is 0.828. The Morgan fingerprint density at radius 2 is 1.90 bits per heavy atom. The van der Waals surface area contributed by atoms with Crippen molar-refractivity contribution in [1.29, 1.82) is 0 Å². The number of nitrogens with one attached hydrogen (secondary N) is 2. The normalized spacial score (nSPS) is 12.4. The van der Waals surface area contributed by atoms with E-state index >= 15 is 0 Å². The van der Waals surface area contributed by atoms with E-state index in [0.717, 1.165) is 6.42 Å². The van der Waals surface area contributed by atoms with Crippen LogP contribution in [-0.2, 0) is 11.3 Å². The number of hydrogen-bond acceptors (Lipinski definition) is 6. The molecule has 1 atom stereocenters. The summed E-state index contributed by atoms with van der Waals surface area (Å²) in [6.45, 7) is 6.41. The van der Waals surface area contributed by atoms with Gasteiger partial charge in [-0.1, -0.05) is 37.7 Å². The van der Waals surface area contributed by atoms with Crippen LogP contribution in [0.15, 0.2) is 34.2 Å². The van der Waals surface area contributed by atoms with E-state index in [1.807, 2.05) is 18.2 Å². The van der Waals surface area contributed by atoms with Gasteiger partial charge in [0, 0.05) is 13.6 Å². The van der Waals surface area contributed by atoms with E-state index in [4.69, 9.17) is 0 Å². The van der Waals surface area contributed by atoms with Crippen LogP contribution in [0.25, 0.3) is 16.7 Å². The minimum absolute atomic E-state index is 0.108. The first-order chi connectivity index (χ1) is 13.8. The van der Waals surface area contributed by atoms with Crippen LogP contribution in [0.3, 0.4) is 0 Å². The Bertz CT molecular complexity index is 1120. The molecule has 0 saturated heterocycles. The maximum absolute atomic E-state index is 13.0. The monoisotopic (exact) mass is 416 g/mol. The van der Waals surface area contributed by atoms with Crippen LogP contribution in [0.2, 0.25) is 0 Å². The van der Waals surface area contributed by atoms with Gasteiger partial charge in [-0.3, -0.25) is 23.9 Å². The van der Waals surface area contributed by atoms with Crippen LogP contribution < -0.4 is 16.2 Å². The van der Waals surface area contributed by atoms with E-state index < -0.39 is 17.2 Å². The summed E-state index contributed by atoms with van der Waals surface area (Å²) in [5.41, 5.74) is 0.572. The predicted molar refractivity (Wildman–Crippen MR) is 112 cm³/mol. The molecule has 0 bridgehead atoms. The molecule has 154 valence electrons. The predicted octanol–water partition coefficient (Wildman–Crippen LogP) is 2.03. The molecular formula is C19H24N6O3S. The molecule has 10 heteroatoms. The van der Waals surface area contributed by atoms with Gasteiger partial charge in [-0.05, 0) is 31.4 Å². The van der Waals surface area contributed by atoms with Crippen molar-refractivity contribution in [3.8, 4) is 0 Å². The fourth-order valence-corrected chi connectivity index (χ4v) is 3.74. The zero-order valence-electron chi connectivity index (χ0n) is 16.8. The highest BCUT2D eigenvalue weighted by Gasteiger charge is 2.22. The zero-order chi connectivity index (χ0) is 21.1. The Morgan fingerprint density at radius 1 is 1.17 bits per heavy atom. The number of aryl methyl sites for hydroxylation is 1. The van der Waals surface area contributed by atoms with Gasteiger partial charge >= 0.3 is 6.03 Å². The number of nitrogens with zero attached hydrogens (tertiary/aromatic N) is 4. The molecule has 9 nitrogen and oxygen atoms in total. The second kappa shape index (κ2) is 8.64. The van der Waals surface area contributed by atoms with Crippen molar-refractivity contribution in [1.82, 2.24) is 29.8 Å². The molecule has 0 radical (unpaired) electrons. The third kappa shape index (κ3) is 4.26. The summed E-state index contributed by atoms with van der Waals surface area (Å²) in [5, 5.41) is 13.5. The molecule has 0 fully saturated rings. The number of thioether (sulfide) groups is 1. The summed E-state index contributed by atoms with van der Waals surface area (Å²) in [5.74, 6) is 0.429. The highest BCUT2D eigenvalue weighted by molar-refractivity contribution is 8.00. The highest BCUT2D eigenvalue weighted by atomic mass is 32.2. The van der Waals surface area contributed by atoms with Crippen molar-refractivity contribution in [2.75, 3.05) is 7.05 Å². The number of rotatable bonds is 6. The van der Waals surface area contributed by atoms with Crippen LogP contribution in [0, 0.1) is 5.92 Å². The van der Waals surface area contributed by atoms with Crippen molar-refractivity contribution in [3.05, 3.63) is 34.6 Å². The van der Waals surface area contributed by atoms with Crippen LogP contribution in [0.1, 0.15) is 27.2 Å². The summed E-state index contributed by atoms with van der Waals surface area (Å²) >= 11 is 1.18. The fraction of sp³-hybridized carbons (Fsp3) is 0.421. The van der Waals surface area contributed by atoms with Crippen LogP contribution >= 0.6 is 11.8 Å². The molecule has 1 aromatic carbocycles. The molecule has 3 amide bonds. The lowest BCUT2D eigenvalue weighted by Gasteiger charge is -2.13. The number of benzene rings is 1. The molecule has 29 heavy (non-hydrogen) atoms. The largest absolute Gasteiger partial charge is 0.341 e. The number of hydrogen-bond donors (Lipinski definition) is 2. The molecule has 0 aliphatic rings. The Hall–Kier alpha value is -2.88. The molecule has 3 rings (SSSR count). The number of fused-ring (bicyclic) bond motifs is 3. The number of carbonyl (C=O) groups excluding carboxylic acids is 2. The Labute approximate surface area is 171 Å². The van der Waals surface area contributed by atoms with Crippen molar-refractivity contribution in [3.63, 3.8) is 0 Å². The summed E-state index contributed by atoms with van der Waals surface area (Å²) < 4.78 is 3.43. The minimum Gasteiger partial charge on any atom is -0.341 e. The molecule has 0 aliphatic heterocycles. The van der Waals surface area contributed by atoms with E-state index in [0.29, 0.717) is 34.3 Å². The summed E-state index contributed by atoms with van der Waals surface area (Å²) in [4.78, 5) is 36.6. The lowest BCUT2D eigenvalue weighted by Crippen LogP contribution is -2.41. The van der Waals surface area contributed by atoms with Crippen molar-refractivity contribution in [2.24, 2.45) is 5.92 Å². The Balaban J connectivity index is 2.07. The summed E-state index contributed by atoms with van der Waals surface area (Å²) in [7, 11) is 1.44. The first-order valence-electron chi connectivity index (χ1n) is 9.39. The molecule has 2 heterocycles. The van der Waals surface area contributed by atoms with Crippen molar-refractivity contribution in [2.45, 2.75) is 44.1 Å². The van der Waals surface area contributed by atoms with Gasteiger partial charge in [0.25, 0.3) is 5.56 Å². The molecule has 0 aliphatic carbocycles. The molecular weight excluding hydrogens is 392 g/mol. The maximum Gasteiger partial charge on any atom is 0.321 e. The molecule has 2 aromatic heterocycles. The third-order valence-electron chi connectivity index (χ3n) is 4.52. The van der Waals surface area contributed by atoms with Gasteiger partial charge in [0.2, 0.25) is 11.7 Å². The van der Waals surface area contributed by atoms with Gasteiger partial charge in [-0.25, -0.2) is 4.79 Å². The van der Waals surface area contributed by atoms with Crippen molar-refractivity contribution >= 4 is 40.4 Å². The number of urea groups is 1. The Kier molecular flexibility index (Phi) is 6.21. The van der Waals surface area contributed by atoms with E-state index in [-0.39, 0.29) is 5.56 Å². The maximum atomic E-state index is 13.0. The van der Waals surface area contributed by atoms with Gasteiger partial charge in [0.15, 0.2) is 5.16 Å². The zero-order valence-corrected chi connectivity index (χ0v) is 17.6. The molecule has 0 spiro atoms. The van der Waals surface area contributed by atoms with E-state index in [9.17, 15) is 14.4 Å². The topological polar surface area (TPSA) is 110 Å². The minimum atomic E-state index is -0.588. The lowest BCUT2D eigenvalue weighted by atomic mass is 10.1. The first kappa shape index (κ1) is 20.8. The van der Waals surface area contributed by atoms with Gasteiger partial charge < -0.3 is 5.32 Å². The molecule has 0 saturated carbocycles. The lowest BCUT2D eigenvalue weighted by molar-refractivity contribution is -0.119. The van der Waals surface area contributed by atoms with E-state index in [1.165, 1.54) is 18.8 Å². The van der Waals surface area contributed by atoms with E-state index in [2.05, 4.69) is 34.7 Å². The first-order valence-corrected chi connectivity index (χ1v) is 10.3. The van der Waals surface area contributed by atoms with Crippen LogP contribution in [-0.4, -0.2) is 43.4 Å². The second-order valence-electron chi connectivity index (χ2n) is 7.10. The third-order valence-corrected chi connectivity index (χ3v) is 5.57.